The third-order valence-electron chi connectivity index (χ3n) is 4.22. The Morgan fingerprint density at radius 1 is 1.21 bits per heavy atom. The summed E-state index contributed by atoms with van der Waals surface area (Å²) in [5, 5.41) is 5.68. The number of amides is 2. The molecule has 1 aromatic heterocycles. The summed E-state index contributed by atoms with van der Waals surface area (Å²) in [7, 11) is 0. The molecule has 1 saturated heterocycles. The summed E-state index contributed by atoms with van der Waals surface area (Å²) in [6, 6.07) is 19.1. The van der Waals surface area contributed by atoms with Crippen molar-refractivity contribution in [3.63, 3.8) is 0 Å². The van der Waals surface area contributed by atoms with Crippen LogP contribution in [0.3, 0.4) is 0 Å². The molecule has 0 aliphatic carbocycles. The molecule has 0 saturated carbocycles. The van der Waals surface area contributed by atoms with Crippen LogP contribution in [0.15, 0.2) is 70.7 Å². The van der Waals surface area contributed by atoms with Crippen molar-refractivity contribution in [2.45, 2.75) is 11.8 Å². The minimum Gasteiger partial charge on any atom is -0.273 e. The van der Waals surface area contributed by atoms with Gasteiger partial charge in [-0.1, -0.05) is 48.2 Å². The summed E-state index contributed by atoms with van der Waals surface area (Å²) in [5.74, 6) is 0.241. The Kier molecular flexibility index (Phi) is 5.82. The van der Waals surface area contributed by atoms with E-state index >= 15 is 0 Å². The number of para-hydroxylation sites is 2. The number of aryl methyl sites for hydroxylation is 1. The predicted octanol–water partition coefficient (Wildman–Crippen LogP) is 3.80. The highest BCUT2D eigenvalue weighted by Gasteiger charge is 2.29. The van der Waals surface area contributed by atoms with E-state index in [4.69, 9.17) is 0 Å². The second-order valence-electron chi connectivity index (χ2n) is 6.35. The molecule has 0 unspecified atom stereocenters. The van der Waals surface area contributed by atoms with Crippen molar-refractivity contribution in [2.24, 2.45) is 5.10 Å². The molecule has 6 nitrogen and oxygen atoms in total. The molecule has 2 heterocycles. The number of carbonyl (C=O) groups excluding carboxylic acids is 2. The fourth-order valence-corrected chi connectivity index (χ4v) is 4.71. The number of fused-ring (bicyclic) bond motifs is 1. The number of pyridine rings is 1. The Hall–Kier alpha value is -2.84. The highest BCUT2D eigenvalue weighted by atomic mass is 32.2. The first kappa shape index (κ1) is 19.5. The summed E-state index contributed by atoms with van der Waals surface area (Å²) in [6.07, 6.45) is 0. The van der Waals surface area contributed by atoms with Crippen molar-refractivity contribution in [1.82, 2.24) is 10.4 Å². The maximum absolute atomic E-state index is 12.4. The average molecular weight is 423 g/mol. The van der Waals surface area contributed by atoms with Gasteiger partial charge in [0.1, 0.15) is 0 Å². The predicted molar refractivity (Wildman–Crippen MR) is 119 cm³/mol. The SMILES string of the molecule is Cc1cc(SCC(=O)NN=C2SCC(=O)N2c2ccccc2)c2ccccc2n1. The highest BCUT2D eigenvalue weighted by molar-refractivity contribution is 8.15. The molecule has 0 atom stereocenters. The van der Waals surface area contributed by atoms with Crippen LogP contribution in [0.25, 0.3) is 10.9 Å². The van der Waals surface area contributed by atoms with Crippen LogP contribution in [0.4, 0.5) is 5.69 Å². The quantitative estimate of drug-likeness (QED) is 0.500. The number of nitrogens with one attached hydrogen (secondary N) is 1. The second-order valence-corrected chi connectivity index (χ2v) is 8.31. The van der Waals surface area contributed by atoms with Gasteiger partial charge >= 0.3 is 0 Å². The average Bonchev–Trinajstić information content (AvgIpc) is 3.11. The molecule has 1 aliphatic rings. The molecule has 2 amide bonds. The van der Waals surface area contributed by atoms with Crippen LogP contribution in [-0.4, -0.2) is 33.5 Å². The van der Waals surface area contributed by atoms with Crippen molar-refractivity contribution in [3.8, 4) is 0 Å². The monoisotopic (exact) mass is 422 g/mol. The van der Waals surface area contributed by atoms with Gasteiger partial charge in [-0.3, -0.25) is 19.5 Å². The van der Waals surface area contributed by atoms with Crippen LogP contribution in [0.5, 0.6) is 0 Å². The Bertz CT molecular complexity index is 1100. The van der Waals surface area contributed by atoms with E-state index in [2.05, 4.69) is 15.5 Å². The van der Waals surface area contributed by atoms with Crippen LogP contribution < -0.4 is 10.3 Å². The van der Waals surface area contributed by atoms with Crippen molar-refractivity contribution in [1.29, 1.82) is 0 Å². The molecule has 0 spiro atoms. The van der Waals surface area contributed by atoms with E-state index in [0.717, 1.165) is 27.2 Å². The molecular formula is C21H18N4O2S2. The molecule has 4 rings (SSSR count). The first-order valence-electron chi connectivity index (χ1n) is 8.98. The van der Waals surface area contributed by atoms with Gasteiger partial charge in [0, 0.05) is 16.0 Å². The summed E-state index contributed by atoms with van der Waals surface area (Å²) in [6.45, 7) is 1.94. The molecule has 3 aromatic rings. The molecule has 0 bridgehead atoms. The molecular weight excluding hydrogens is 404 g/mol. The number of rotatable bonds is 5. The maximum Gasteiger partial charge on any atom is 0.250 e. The van der Waals surface area contributed by atoms with Gasteiger partial charge in [-0.05, 0) is 31.2 Å². The number of nitrogens with zero attached hydrogens (tertiary/aromatic N) is 3. The van der Waals surface area contributed by atoms with E-state index < -0.39 is 0 Å². The Morgan fingerprint density at radius 2 is 1.97 bits per heavy atom. The van der Waals surface area contributed by atoms with E-state index in [-0.39, 0.29) is 17.6 Å². The lowest BCUT2D eigenvalue weighted by Crippen LogP contribution is -2.31. The summed E-state index contributed by atoms with van der Waals surface area (Å²) < 4.78 is 0. The number of amidine groups is 1. The van der Waals surface area contributed by atoms with Crippen LogP contribution in [0.1, 0.15) is 5.69 Å². The first-order valence-corrected chi connectivity index (χ1v) is 11.0. The lowest BCUT2D eigenvalue weighted by atomic mass is 10.2. The Balaban J connectivity index is 1.43. The lowest BCUT2D eigenvalue weighted by Gasteiger charge is -2.15. The van der Waals surface area contributed by atoms with Gasteiger partial charge in [-0.15, -0.1) is 16.9 Å². The third-order valence-corrected chi connectivity index (χ3v) is 6.20. The number of anilines is 1. The van der Waals surface area contributed by atoms with E-state index in [1.165, 1.54) is 28.4 Å². The lowest BCUT2D eigenvalue weighted by molar-refractivity contribution is -0.118. The van der Waals surface area contributed by atoms with E-state index in [1.807, 2.05) is 67.6 Å². The molecule has 1 aliphatic heterocycles. The zero-order valence-corrected chi connectivity index (χ0v) is 17.3. The zero-order chi connectivity index (χ0) is 20.2. The van der Waals surface area contributed by atoms with Crippen molar-refractivity contribution in [2.75, 3.05) is 16.4 Å². The van der Waals surface area contributed by atoms with Gasteiger partial charge in [0.05, 0.1) is 22.7 Å². The normalized spacial score (nSPS) is 15.3. The van der Waals surface area contributed by atoms with Gasteiger partial charge in [-0.2, -0.15) is 0 Å². The fraction of sp³-hybridized carbons (Fsp3) is 0.143. The van der Waals surface area contributed by atoms with Gasteiger partial charge in [-0.25, -0.2) is 5.43 Å². The first-order chi connectivity index (χ1) is 14.1. The number of carbonyl (C=O) groups is 2. The van der Waals surface area contributed by atoms with E-state index in [1.54, 1.807) is 0 Å². The van der Waals surface area contributed by atoms with Crippen molar-refractivity contribution >= 4 is 57.1 Å². The van der Waals surface area contributed by atoms with Crippen LogP contribution in [0, 0.1) is 6.92 Å². The fourth-order valence-electron chi connectivity index (χ4n) is 2.95. The Morgan fingerprint density at radius 3 is 2.79 bits per heavy atom. The van der Waals surface area contributed by atoms with Crippen LogP contribution in [0.2, 0.25) is 0 Å². The van der Waals surface area contributed by atoms with Gasteiger partial charge in [0.2, 0.25) is 5.91 Å². The smallest absolute Gasteiger partial charge is 0.250 e. The molecule has 1 fully saturated rings. The van der Waals surface area contributed by atoms with Gasteiger partial charge in [0.15, 0.2) is 5.17 Å². The number of hydrogen-bond acceptors (Lipinski definition) is 6. The molecule has 0 radical (unpaired) electrons. The summed E-state index contributed by atoms with van der Waals surface area (Å²) in [5.41, 5.74) is 5.14. The maximum atomic E-state index is 12.4. The molecule has 29 heavy (non-hydrogen) atoms. The van der Waals surface area contributed by atoms with Gasteiger partial charge < -0.3 is 0 Å². The van der Waals surface area contributed by atoms with E-state index in [0.29, 0.717) is 10.9 Å². The van der Waals surface area contributed by atoms with E-state index in [9.17, 15) is 9.59 Å². The standard InChI is InChI=1S/C21H18N4O2S2/c1-14-11-18(16-9-5-6-10-17(16)22-14)28-12-19(26)23-24-21-25(20(27)13-29-21)15-7-3-2-4-8-15/h2-11H,12-13H2,1H3,(H,23,26). The molecule has 1 N–H and O–H groups in total. The van der Waals surface area contributed by atoms with Gasteiger partial charge in [0.25, 0.3) is 5.91 Å². The second kappa shape index (κ2) is 8.67. The topological polar surface area (TPSA) is 74.7 Å². The number of hydrazone groups is 1. The van der Waals surface area contributed by atoms with Crippen molar-refractivity contribution in [3.05, 3.63) is 66.4 Å². The molecule has 8 heteroatoms. The zero-order valence-electron chi connectivity index (χ0n) is 15.7. The largest absolute Gasteiger partial charge is 0.273 e. The highest BCUT2D eigenvalue weighted by Crippen LogP contribution is 2.28. The molecule has 146 valence electrons. The summed E-state index contributed by atoms with van der Waals surface area (Å²) in [4.78, 5) is 31.6. The minimum absolute atomic E-state index is 0.0534. The number of aromatic nitrogens is 1. The van der Waals surface area contributed by atoms with Crippen LogP contribution >= 0.6 is 23.5 Å². The Labute approximate surface area is 176 Å². The molecule has 2 aromatic carbocycles. The minimum atomic E-state index is -0.228. The van der Waals surface area contributed by atoms with Crippen molar-refractivity contribution < 1.29 is 9.59 Å². The third kappa shape index (κ3) is 4.44. The number of benzene rings is 2. The number of hydrogen-bond donors (Lipinski definition) is 1. The van der Waals surface area contributed by atoms with Crippen LogP contribution in [-0.2, 0) is 9.59 Å². The summed E-state index contributed by atoms with van der Waals surface area (Å²) >= 11 is 2.75. The number of thioether (sulfide) groups is 2.